The third-order valence-corrected chi connectivity index (χ3v) is 7.15. The van der Waals surface area contributed by atoms with E-state index in [0.29, 0.717) is 21.7 Å². The second-order valence-electron chi connectivity index (χ2n) is 5.84. The minimum absolute atomic E-state index is 0.131. The third kappa shape index (κ3) is 3.61. The Hall–Kier alpha value is -2.32. The maximum atomic E-state index is 12.5. The first-order valence-electron chi connectivity index (χ1n) is 8.21. The number of hydrogen-bond acceptors (Lipinski definition) is 6. The van der Waals surface area contributed by atoms with Crippen LogP contribution in [0.15, 0.2) is 48.5 Å². The van der Waals surface area contributed by atoms with Crippen molar-refractivity contribution in [2.24, 2.45) is 0 Å². The lowest BCUT2D eigenvalue weighted by molar-refractivity contribution is 0.102. The molecule has 0 atom stereocenters. The van der Waals surface area contributed by atoms with E-state index in [-0.39, 0.29) is 5.91 Å². The van der Waals surface area contributed by atoms with Crippen molar-refractivity contribution in [2.75, 3.05) is 16.8 Å². The number of nitrogens with zero attached hydrogens (tertiary/aromatic N) is 4. The van der Waals surface area contributed by atoms with E-state index in [1.807, 2.05) is 79.0 Å². The van der Waals surface area contributed by atoms with E-state index in [0.717, 1.165) is 5.69 Å². The highest BCUT2D eigenvalue weighted by Crippen LogP contribution is 2.45. The average Bonchev–Trinajstić information content (AvgIpc) is 3.34. The van der Waals surface area contributed by atoms with Crippen molar-refractivity contribution in [3.63, 3.8) is 0 Å². The highest BCUT2D eigenvalue weighted by molar-refractivity contribution is 8.19. The van der Waals surface area contributed by atoms with Gasteiger partial charge in [0.1, 0.15) is 0 Å². The fourth-order valence-corrected chi connectivity index (χ4v) is 5.59. The van der Waals surface area contributed by atoms with Crippen LogP contribution in [0.1, 0.15) is 26.3 Å². The normalized spacial score (nSPS) is 14.5. The maximum Gasteiger partial charge on any atom is 0.255 e. The van der Waals surface area contributed by atoms with Crippen LogP contribution in [0.4, 0.5) is 5.69 Å². The van der Waals surface area contributed by atoms with Gasteiger partial charge < -0.3 is 5.32 Å². The number of carbonyl (C=O) groups is 1. The van der Waals surface area contributed by atoms with Crippen molar-refractivity contribution < 1.29 is 4.79 Å². The fraction of sp³-hybridized carbons (Fsp3) is 0.222. The third-order valence-electron chi connectivity index (χ3n) is 4.04. The Kier molecular flexibility index (Phi) is 4.94. The van der Waals surface area contributed by atoms with Crippen LogP contribution in [0, 0.1) is 6.92 Å². The van der Waals surface area contributed by atoms with Crippen molar-refractivity contribution in [3.05, 3.63) is 65.5 Å². The number of tetrazole rings is 1. The summed E-state index contributed by atoms with van der Waals surface area (Å²) in [7, 11) is 0. The van der Waals surface area contributed by atoms with Gasteiger partial charge in [-0.3, -0.25) is 4.79 Å². The van der Waals surface area contributed by atoms with Crippen LogP contribution in [0.3, 0.4) is 0 Å². The van der Waals surface area contributed by atoms with Crippen molar-refractivity contribution in [1.82, 2.24) is 20.2 Å². The van der Waals surface area contributed by atoms with E-state index in [1.54, 1.807) is 4.68 Å². The Bertz CT molecular complexity index is 919. The summed E-state index contributed by atoms with van der Waals surface area (Å²) in [6, 6.07) is 15.3. The summed E-state index contributed by atoms with van der Waals surface area (Å²) in [4.78, 5) is 12.5. The maximum absolute atomic E-state index is 12.5. The molecule has 8 heteroatoms. The van der Waals surface area contributed by atoms with Crippen LogP contribution < -0.4 is 5.32 Å². The molecule has 4 rings (SSSR count). The minimum atomic E-state index is -0.131. The second-order valence-corrected chi connectivity index (χ2v) is 8.56. The second kappa shape index (κ2) is 7.51. The van der Waals surface area contributed by atoms with Gasteiger partial charge in [0.2, 0.25) is 0 Å². The largest absolute Gasteiger partial charge is 0.322 e. The molecule has 1 saturated heterocycles. The monoisotopic (exact) mass is 383 g/mol. The molecule has 1 aromatic heterocycles. The van der Waals surface area contributed by atoms with Crippen molar-refractivity contribution >= 4 is 35.1 Å². The van der Waals surface area contributed by atoms with Gasteiger partial charge in [0.25, 0.3) is 5.91 Å². The number of aryl methyl sites for hydroxylation is 1. The highest BCUT2D eigenvalue weighted by Gasteiger charge is 2.18. The molecule has 0 radical (unpaired) electrons. The first kappa shape index (κ1) is 17.1. The van der Waals surface area contributed by atoms with Gasteiger partial charge in [0, 0.05) is 22.8 Å². The van der Waals surface area contributed by atoms with Gasteiger partial charge in [-0.1, -0.05) is 18.2 Å². The molecule has 2 heterocycles. The Morgan fingerprint density at radius 2 is 1.92 bits per heavy atom. The molecule has 0 saturated carbocycles. The van der Waals surface area contributed by atoms with E-state index >= 15 is 0 Å². The van der Waals surface area contributed by atoms with E-state index < -0.39 is 0 Å². The number of nitrogens with one attached hydrogen (secondary N) is 1. The smallest absolute Gasteiger partial charge is 0.255 e. The summed E-state index contributed by atoms with van der Waals surface area (Å²) >= 11 is 3.92. The number of benzene rings is 2. The first-order valence-corrected chi connectivity index (χ1v) is 10.3. The van der Waals surface area contributed by atoms with Crippen LogP contribution in [0.5, 0.6) is 0 Å². The number of hydrogen-bond donors (Lipinski definition) is 1. The average molecular weight is 384 g/mol. The van der Waals surface area contributed by atoms with E-state index in [1.165, 1.54) is 17.1 Å². The summed E-state index contributed by atoms with van der Waals surface area (Å²) in [6.07, 6.45) is 0. The molecule has 26 heavy (non-hydrogen) atoms. The summed E-state index contributed by atoms with van der Waals surface area (Å²) in [5.41, 5.74) is 3.42. The van der Waals surface area contributed by atoms with Gasteiger partial charge in [-0.05, 0) is 53.2 Å². The number of amides is 1. The van der Waals surface area contributed by atoms with Gasteiger partial charge >= 0.3 is 0 Å². The minimum Gasteiger partial charge on any atom is -0.322 e. The lowest BCUT2D eigenvalue weighted by atomic mass is 10.1. The van der Waals surface area contributed by atoms with Gasteiger partial charge in [0.15, 0.2) is 5.82 Å². The molecule has 3 aromatic rings. The molecule has 2 aromatic carbocycles. The quantitative estimate of drug-likeness (QED) is 0.741. The standard InChI is InChI=1S/C18H17N5OS2/c1-12-20-21-22-23(12)16-4-2-3-15(11-16)19-17(24)13-5-7-14(8-6-13)18-25-9-10-26-18/h2-8,11,18H,9-10H2,1H3,(H,19,24). The molecular formula is C18H17N5OS2. The Labute approximate surface area is 159 Å². The van der Waals surface area contributed by atoms with E-state index in [4.69, 9.17) is 0 Å². The first-order chi connectivity index (χ1) is 12.7. The Morgan fingerprint density at radius 3 is 2.62 bits per heavy atom. The molecule has 0 unspecified atom stereocenters. The SMILES string of the molecule is Cc1nnnn1-c1cccc(NC(=O)c2ccc(C3SCCS3)cc2)c1. The molecule has 0 spiro atoms. The molecule has 132 valence electrons. The summed E-state index contributed by atoms with van der Waals surface area (Å²) < 4.78 is 2.12. The Balaban J connectivity index is 1.48. The summed E-state index contributed by atoms with van der Waals surface area (Å²) in [6.45, 7) is 1.83. The topological polar surface area (TPSA) is 72.7 Å². The van der Waals surface area contributed by atoms with Crippen molar-refractivity contribution in [3.8, 4) is 5.69 Å². The van der Waals surface area contributed by atoms with Gasteiger partial charge in [0.05, 0.1) is 10.3 Å². The van der Waals surface area contributed by atoms with Crippen LogP contribution in [-0.4, -0.2) is 37.6 Å². The molecule has 0 aliphatic carbocycles. The van der Waals surface area contributed by atoms with Crippen LogP contribution in [-0.2, 0) is 0 Å². The summed E-state index contributed by atoms with van der Waals surface area (Å²) in [5.74, 6) is 2.93. The molecule has 1 N–H and O–H groups in total. The predicted octanol–water partition coefficient (Wildman–Crippen LogP) is 3.70. The number of anilines is 1. The van der Waals surface area contributed by atoms with E-state index in [9.17, 15) is 4.79 Å². The fourth-order valence-electron chi connectivity index (χ4n) is 2.73. The summed E-state index contributed by atoms with van der Waals surface area (Å²) in [5, 5.41) is 14.4. The van der Waals surface area contributed by atoms with Crippen LogP contribution in [0.2, 0.25) is 0 Å². The zero-order chi connectivity index (χ0) is 17.9. The predicted molar refractivity (Wildman–Crippen MR) is 106 cm³/mol. The lowest BCUT2D eigenvalue weighted by Gasteiger charge is -2.10. The highest BCUT2D eigenvalue weighted by atomic mass is 32.2. The number of aromatic nitrogens is 4. The zero-order valence-corrected chi connectivity index (χ0v) is 15.8. The van der Waals surface area contributed by atoms with Gasteiger partial charge in [-0.25, -0.2) is 0 Å². The molecule has 1 aliphatic rings. The number of carbonyl (C=O) groups excluding carboxylic acids is 1. The Morgan fingerprint density at radius 1 is 1.15 bits per heavy atom. The zero-order valence-electron chi connectivity index (χ0n) is 14.1. The number of rotatable bonds is 4. The van der Waals surface area contributed by atoms with Gasteiger partial charge in [-0.2, -0.15) is 4.68 Å². The lowest BCUT2D eigenvalue weighted by Crippen LogP contribution is -2.12. The molecule has 0 bridgehead atoms. The molecule has 6 nitrogen and oxygen atoms in total. The van der Waals surface area contributed by atoms with Crippen molar-refractivity contribution in [1.29, 1.82) is 0 Å². The van der Waals surface area contributed by atoms with Crippen molar-refractivity contribution in [2.45, 2.75) is 11.5 Å². The van der Waals surface area contributed by atoms with Crippen LogP contribution >= 0.6 is 23.5 Å². The van der Waals surface area contributed by atoms with Gasteiger partial charge in [-0.15, -0.1) is 28.6 Å². The molecule has 1 amide bonds. The van der Waals surface area contributed by atoms with Crippen LogP contribution in [0.25, 0.3) is 5.69 Å². The molecular weight excluding hydrogens is 366 g/mol. The van der Waals surface area contributed by atoms with E-state index in [2.05, 4.69) is 20.8 Å². The number of thioether (sulfide) groups is 2. The molecule has 1 fully saturated rings. The molecule has 1 aliphatic heterocycles.